The van der Waals surface area contributed by atoms with Crippen molar-refractivity contribution in [3.63, 3.8) is 0 Å². The van der Waals surface area contributed by atoms with Crippen LogP contribution >= 0.6 is 0 Å². The van der Waals surface area contributed by atoms with Crippen LogP contribution in [0.25, 0.3) is 0 Å². The fourth-order valence-corrected chi connectivity index (χ4v) is 1.56. The third-order valence-electron chi connectivity index (χ3n) is 2.43. The van der Waals surface area contributed by atoms with Gasteiger partial charge in [-0.2, -0.15) is 0 Å². The molecule has 6 nitrogen and oxygen atoms in total. The van der Waals surface area contributed by atoms with E-state index in [0.717, 1.165) is 0 Å². The van der Waals surface area contributed by atoms with Gasteiger partial charge in [0.2, 0.25) is 0 Å². The first-order valence-corrected chi connectivity index (χ1v) is 5.13. The van der Waals surface area contributed by atoms with Gasteiger partial charge in [0.05, 0.1) is 39.9 Å². The standard InChI is InChI=1S/C10H17NO5/c1-14-9(12)5-8-6-11(3-4-16-8)7-10(13)15-2/h8H,3-7H2,1-2H3. The molecule has 1 heterocycles. The monoisotopic (exact) mass is 231 g/mol. The van der Waals surface area contributed by atoms with Gasteiger partial charge in [-0.05, 0) is 0 Å². The van der Waals surface area contributed by atoms with E-state index in [1.165, 1.54) is 14.2 Å². The Kier molecular flexibility index (Phi) is 5.21. The molecule has 1 aliphatic rings. The summed E-state index contributed by atoms with van der Waals surface area (Å²) in [4.78, 5) is 24.0. The van der Waals surface area contributed by atoms with Gasteiger partial charge >= 0.3 is 11.9 Å². The molecule has 0 aromatic rings. The molecule has 1 rings (SSSR count). The summed E-state index contributed by atoms with van der Waals surface area (Å²) >= 11 is 0. The van der Waals surface area contributed by atoms with Gasteiger partial charge in [-0.15, -0.1) is 0 Å². The number of methoxy groups -OCH3 is 2. The Balaban J connectivity index is 2.35. The van der Waals surface area contributed by atoms with Crippen LogP contribution in [-0.4, -0.2) is 63.4 Å². The van der Waals surface area contributed by atoms with Crippen molar-refractivity contribution < 1.29 is 23.8 Å². The molecule has 1 unspecified atom stereocenters. The molecular formula is C10H17NO5. The lowest BCUT2D eigenvalue weighted by Crippen LogP contribution is -2.45. The first-order chi connectivity index (χ1) is 7.65. The van der Waals surface area contributed by atoms with Gasteiger partial charge in [0.25, 0.3) is 0 Å². The SMILES string of the molecule is COC(=O)CC1CN(CC(=O)OC)CCO1. The number of ether oxygens (including phenoxy) is 3. The minimum atomic E-state index is -0.301. The van der Waals surface area contributed by atoms with Crippen LogP contribution in [0.4, 0.5) is 0 Å². The second-order valence-electron chi connectivity index (χ2n) is 3.58. The van der Waals surface area contributed by atoms with Crippen LogP contribution in [0.2, 0.25) is 0 Å². The Morgan fingerprint density at radius 2 is 2.00 bits per heavy atom. The van der Waals surface area contributed by atoms with E-state index in [0.29, 0.717) is 19.7 Å². The average Bonchev–Trinajstić information content (AvgIpc) is 2.29. The molecule has 1 saturated heterocycles. The number of hydrogen-bond acceptors (Lipinski definition) is 6. The highest BCUT2D eigenvalue weighted by molar-refractivity contribution is 5.71. The topological polar surface area (TPSA) is 65.1 Å². The molecule has 0 saturated carbocycles. The summed E-state index contributed by atoms with van der Waals surface area (Å²) in [5.41, 5.74) is 0. The molecule has 0 bridgehead atoms. The average molecular weight is 231 g/mol. The number of rotatable bonds is 4. The van der Waals surface area contributed by atoms with E-state index < -0.39 is 0 Å². The van der Waals surface area contributed by atoms with Crippen molar-refractivity contribution in [2.24, 2.45) is 0 Å². The Hall–Kier alpha value is -1.14. The van der Waals surface area contributed by atoms with E-state index in [-0.39, 0.29) is 31.0 Å². The fourth-order valence-electron chi connectivity index (χ4n) is 1.56. The lowest BCUT2D eigenvalue weighted by Gasteiger charge is -2.31. The van der Waals surface area contributed by atoms with Crippen LogP contribution < -0.4 is 0 Å². The van der Waals surface area contributed by atoms with Crippen LogP contribution in [-0.2, 0) is 23.8 Å². The maximum atomic E-state index is 11.1. The number of carbonyl (C=O) groups excluding carboxylic acids is 2. The maximum absolute atomic E-state index is 11.1. The van der Waals surface area contributed by atoms with Crippen LogP contribution in [0.5, 0.6) is 0 Å². The number of nitrogens with zero attached hydrogens (tertiary/aromatic N) is 1. The minimum absolute atomic E-state index is 0.203. The predicted octanol–water partition coefficient (Wildman–Crippen LogP) is -0.577. The lowest BCUT2D eigenvalue weighted by molar-refractivity contribution is -0.147. The lowest BCUT2D eigenvalue weighted by atomic mass is 10.2. The third-order valence-corrected chi connectivity index (χ3v) is 2.43. The molecule has 0 amide bonds. The van der Waals surface area contributed by atoms with E-state index in [1.807, 2.05) is 4.90 Å². The molecule has 0 aliphatic carbocycles. The van der Waals surface area contributed by atoms with Crippen LogP contribution in [0, 0.1) is 0 Å². The summed E-state index contributed by atoms with van der Waals surface area (Å²) in [7, 11) is 2.70. The summed E-state index contributed by atoms with van der Waals surface area (Å²) in [6.07, 6.45) is 0.0135. The largest absolute Gasteiger partial charge is 0.469 e. The number of hydrogen-bond donors (Lipinski definition) is 0. The highest BCUT2D eigenvalue weighted by Gasteiger charge is 2.24. The maximum Gasteiger partial charge on any atom is 0.319 e. The quantitative estimate of drug-likeness (QED) is 0.603. The molecule has 0 aromatic heterocycles. The first-order valence-electron chi connectivity index (χ1n) is 5.13. The van der Waals surface area contributed by atoms with E-state index >= 15 is 0 Å². The molecule has 0 N–H and O–H groups in total. The van der Waals surface area contributed by atoms with E-state index in [4.69, 9.17) is 4.74 Å². The summed E-state index contributed by atoms with van der Waals surface area (Å²) in [5, 5.41) is 0. The zero-order valence-electron chi connectivity index (χ0n) is 9.60. The van der Waals surface area contributed by atoms with E-state index in [1.54, 1.807) is 0 Å². The number of esters is 2. The molecule has 1 aliphatic heterocycles. The van der Waals surface area contributed by atoms with Crippen molar-refractivity contribution in [1.82, 2.24) is 4.90 Å². The summed E-state index contributed by atoms with van der Waals surface area (Å²) in [6, 6.07) is 0. The number of morpholine rings is 1. The van der Waals surface area contributed by atoms with Gasteiger partial charge in [0, 0.05) is 13.1 Å². The molecular weight excluding hydrogens is 214 g/mol. The summed E-state index contributed by atoms with van der Waals surface area (Å²) in [5.74, 6) is -0.580. The third kappa shape index (κ3) is 4.16. The Labute approximate surface area is 94.4 Å². The van der Waals surface area contributed by atoms with Crippen molar-refractivity contribution >= 4 is 11.9 Å². The van der Waals surface area contributed by atoms with Crippen LogP contribution in [0.15, 0.2) is 0 Å². The van der Waals surface area contributed by atoms with Crippen molar-refractivity contribution in [1.29, 1.82) is 0 Å². The van der Waals surface area contributed by atoms with E-state index in [9.17, 15) is 9.59 Å². The summed E-state index contributed by atoms with van der Waals surface area (Å²) in [6.45, 7) is 1.97. The Morgan fingerprint density at radius 3 is 2.62 bits per heavy atom. The van der Waals surface area contributed by atoms with Crippen LogP contribution in [0.1, 0.15) is 6.42 Å². The predicted molar refractivity (Wildman–Crippen MR) is 54.8 cm³/mol. The van der Waals surface area contributed by atoms with Gasteiger partial charge in [-0.25, -0.2) is 0 Å². The zero-order valence-corrected chi connectivity index (χ0v) is 9.60. The number of carbonyl (C=O) groups is 2. The van der Waals surface area contributed by atoms with E-state index in [2.05, 4.69) is 9.47 Å². The second kappa shape index (κ2) is 6.44. The Bertz CT molecular complexity index is 232. The van der Waals surface area contributed by atoms with Gasteiger partial charge < -0.3 is 14.2 Å². The molecule has 0 aromatic carbocycles. The first kappa shape index (κ1) is 12.9. The Morgan fingerprint density at radius 1 is 1.31 bits per heavy atom. The van der Waals surface area contributed by atoms with Gasteiger partial charge in [-0.1, -0.05) is 0 Å². The highest BCUT2D eigenvalue weighted by atomic mass is 16.5. The molecule has 6 heteroatoms. The minimum Gasteiger partial charge on any atom is -0.469 e. The highest BCUT2D eigenvalue weighted by Crippen LogP contribution is 2.09. The molecule has 92 valence electrons. The molecule has 0 spiro atoms. The zero-order chi connectivity index (χ0) is 12.0. The van der Waals surface area contributed by atoms with Crippen molar-refractivity contribution in [3.8, 4) is 0 Å². The molecule has 1 atom stereocenters. The normalized spacial score (nSPS) is 21.5. The van der Waals surface area contributed by atoms with Crippen molar-refractivity contribution in [2.75, 3.05) is 40.5 Å². The molecule has 16 heavy (non-hydrogen) atoms. The van der Waals surface area contributed by atoms with Gasteiger partial charge in [0.1, 0.15) is 0 Å². The molecule has 0 radical (unpaired) electrons. The van der Waals surface area contributed by atoms with Crippen molar-refractivity contribution in [3.05, 3.63) is 0 Å². The second-order valence-corrected chi connectivity index (χ2v) is 3.58. The molecule has 1 fully saturated rings. The summed E-state index contributed by atoms with van der Waals surface area (Å²) < 4.78 is 14.5. The van der Waals surface area contributed by atoms with Crippen molar-refractivity contribution in [2.45, 2.75) is 12.5 Å². The smallest absolute Gasteiger partial charge is 0.319 e. The van der Waals surface area contributed by atoms with Crippen LogP contribution in [0.3, 0.4) is 0 Å². The van der Waals surface area contributed by atoms with Gasteiger partial charge in [-0.3, -0.25) is 14.5 Å². The van der Waals surface area contributed by atoms with Gasteiger partial charge in [0.15, 0.2) is 0 Å². The fraction of sp³-hybridized carbons (Fsp3) is 0.800.